The maximum Gasteiger partial charge on any atom is 0.0897 e. The van der Waals surface area contributed by atoms with Gasteiger partial charge in [0.25, 0.3) is 0 Å². The van der Waals surface area contributed by atoms with E-state index in [1.807, 2.05) is 6.92 Å². The largest absolute Gasteiger partial charge is 0.311 e. The molecule has 0 saturated heterocycles. The normalized spacial score (nSPS) is 13.1. The van der Waals surface area contributed by atoms with Gasteiger partial charge in [0.1, 0.15) is 0 Å². The summed E-state index contributed by atoms with van der Waals surface area (Å²) in [7, 11) is 0. The molecular weight excluding hydrogens is 216 g/mol. The van der Waals surface area contributed by atoms with Crippen LogP contribution in [0.25, 0.3) is 0 Å². The van der Waals surface area contributed by atoms with Crippen molar-refractivity contribution in [3.8, 4) is 0 Å². The number of halogens is 1. The number of aromatic nitrogens is 1. The third-order valence-corrected chi connectivity index (χ3v) is 3.11. The number of hydrogen-bond donors (Lipinski definition) is 1. The van der Waals surface area contributed by atoms with Gasteiger partial charge in [0.05, 0.1) is 10.7 Å². The third kappa shape index (κ3) is 4.40. The number of alkyl halides is 1. The van der Waals surface area contributed by atoms with E-state index in [1.165, 1.54) is 0 Å². The molecule has 0 amide bonds. The average Bonchev–Trinajstić information content (AvgIpc) is 2.52. The smallest absolute Gasteiger partial charge is 0.0897 e. The lowest BCUT2D eigenvalue weighted by Gasteiger charge is -2.09. The molecule has 0 aromatic carbocycles. The third-order valence-electron chi connectivity index (χ3n) is 2.07. The first kappa shape index (κ1) is 12.0. The fourth-order valence-corrected chi connectivity index (χ4v) is 2.21. The van der Waals surface area contributed by atoms with Crippen molar-refractivity contribution < 1.29 is 0 Å². The van der Waals surface area contributed by atoms with Crippen LogP contribution in [0, 0.1) is 12.8 Å². The Bertz CT molecular complexity index is 262. The van der Waals surface area contributed by atoms with Gasteiger partial charge in [-0.2, -0.15) is 0 Å². The quantitative estimate of drug-likeness (QED) is 0.763. The van der Waals surface area contributed by atoms with Gasteiger partial charge in [-0.05, 0) is 25.8 Å². The molecule has 80 valence electrons. The van der Waals surface area contributed by atoms with E-state index in [4.69, 9.17) is 11.6 Å². The second-order valence-electron chi connectivity index (χ2n) is 3.57. The molecule has 0 spiro atoms. The predicted octanol–water partition coefficient (Wildman–Crippen LogP) is 2.81. The van der Waals surface area contributed by atoms with Crippen molar-refractivity contribution in [3.05, 3.63) is 16.1 Å². The average molecular weight is 233 g/mol. The Labute approximate surface area is 94.7 Å². The Morgan fingerprint density at radius 1 is 1.64 bits per heavy atom. The van der Waals surface area contributed by atoms with Crippen LogP contribution in [0.1, 0.15) is 24.0 Å². The lowest BCUT2D eigenvalue weighted by molar-refractivity contribution is 0.500. The molecule has 1 heterocycles. The monoisotopic (exact) mass is 232 g/mol. The Hall–Kier alpha value is -0.120. The van der Waals surface area contributed by atoms with Crippen molar-refractivity contribution in [2.45, 2.75) is 26.8 Å². The van der Waals surface area contributed by atoms with Gasteiger partial charge >= 0.3 is 0 Å². The minimum absolute atomic E-state index is 0.646. The highest BCUT2D eigenvalue weighted by atomic mass is 35.5. The first-order chi connectivity index (χ1) is 6.72. The van der Waals surface area contributed by atoms with Gasteiger partial charge in [-0.3, -0.25) is 0 Å². The van der Waals surface area contributed by atoms with Crippen molar-refractivity contribution in [2.75, 3.05) is 12.4 Å². The molecule has 0 aliphatic carbocycles. The van der Waals surface area contributed by atoms with Crippen LogP contribution in [0.5, 0.6) is 0 Å². The Balaban J connectivity index is 2.15. The van der Waals surface area contributed by atoms with E-state index in [2.05, 4.69) is 22.6 Å². The van der Waals surface area contributed by atoms with Crippen molar-refractivity contribution in [3.63, 3.8) is 0 Å². The molecule has 0 bridgehead atoms. The fraction of sp³-hybridized carbons (Fsp3) is 0.700. The van der Waals surface area contributed by atoms with Crippen molar-refractivity contribution >= 4 is 22.9 Å². The van der Waals surface area contributed by atoms with Gasteiger partial charge in [-0.15, -0.1) is 22.9 Å². The molecular formula is C10H17ClN2S. The summed E-state index contributed by atoms with van der Waals surface area (Å²) in [5, 5.41) is 6.63. The summed E-state index contributed by atoms with van der Waals surface area (Å²) < 4.78 is 0. The Morgan fingerprint density at radius 3 is 3.00 bits per heavy atom. The zero-order chi connectivity index (χ0) is 10.4. The first-order valence-corrected chi connectivity index (χ1v) is 6.31. The number of hydrogen-bond acceptors (Lipinski definition) is 3. The standard InChI is InChI=1S/C10H17ClN2S/c1-8(3-4-11)5-12-6-10-7-14-9(2)13-10/h7-8,12H,3-6H2,1-2H3. The Kier molecular flexibility index (Phi) is 5.45. The van der Waals surface area contributed by atoms with E-state index < -0.39 is 0 Å². The summed E-state index contributed by atoms with van der Waals surface area (Å²) in [6.07, 6.45) is 1.07. The van der Waals surface area contributed by atoms with Crippen LogP contribution in [0.2, 0.25) is 0 Å². The van der Waals surface area contributed by atoms with E-state index in [9.17, 15) is 0 Å². The van der Waals surface area contributed by atoms with Gasteiger partial charge < -0.3 is 5.32 Å². The molecule has 0 aliphatic heterocycles. The topological polar surface area (TPSA) is 24.9 Å². The number of nitrogens with one attached hydrogen (secondary N) is 1. The second-order valence-corrected chi connectivity index (χ2v) is 5.01. The molecule has 0 fully saturated rings. The molecule has 4 heteroatoms. The van der Waals surface area contributed by atoms with Gasteiger partial charge in [-0.1, -0.05) is 6.92 Å². The Morgan fingerprint density at radius 2 is 2.43 bits per heavy atom. The zero-order valence-electron chi connectivity index (χ0n) is 8.72. The lowest BCUT2D eigenvalue weighted by Crippen LogP contribution is -2.21. The van der Waals surface area contributed by atoms with Crippen LogP contribution in [0.15, 0.2) is 5.38 Å². The predicted molar refractivity (Wildman–Crippen MR) is 63.1 cm³/mol. The lowest BCUT2D eigenvalue weighted by atomic mass is 10.1. The zero-order valence-corrected chi connectivity index (χ0v) is 10.3. The number of nitrogens with zero attached hydrogens (tertiary/aromatic N) is 1. The van der Waals surface area contributed by atoms with Crippen LogP contribution in [-0.2, 0) is 6.54 Å². The highest BCUT2D eigenvalue weighted by molar-refractivity contribution is 7.09. The molecule has 1 unspecified atom stereocenters. The van der Waals surface area contributed by atoms with Crippen molar-refractivity contribution in [1.29, 1.82) is 0 Å². The summed E-state index contributed by atoms with van der Waals surface area (Å²) in [6, 6.07) is 0. The summed E-state index contributed by atoms with van der Waals surface area (Å²) in [6.45, 7) is 6.13. The summed E-state index contributed by atoms with van der Waals surface area (Å²) in [4.78, 5) is 4.38. The van der Waals surface area contributed by atoms with E-state index in [0.717, 1.165) is 36.1 Å². The fourth-order valence-electron chi connectivity index (χ4n) is 1.22. The molecule has 0 aliphatic rings. The minimum atomic E-state index is 0.646. The van der Waals surface area contributed by atoms with Crippen LogP contribution < -0.4 is 5.32 Å². The SMILES string of the molecule is Cc1nc(CNCC(C)CCCl)cs1. The van der Waals surface area contributed by atoms with Gasteiger partial charge in [-0.25, -0.2) is 4.98 Å². The molecule has 1 rings (SSSR count). The molecule has 0 saturated carbocycles. The van der Waals surface area contributed by atoms with E-state index in [-0.39, 0.29) is 0 Å². The van der Waals surface area contributed by atoms with Crippen molar-refractivity contribution in [1.82, 2.24) is 10.3 Å². The number of rotatable bonds is 6. The molecule has 1 atom stereocenters. The van der Waals surface area contributed by atoms with Crippen LogP contribution in [-0.4, -0.2) is 17.4 Å². The molecule has 1 N–H and O–H groups in total. The number of thiazole rings is 1. The maximum absolute atomic E-state index is 5.66. The van der Waals surface area contributed by atoms with E-state index in [1.54, 1.807) is 11.3 Å². The first-order valence-electron chi connectivity index (χ1n) is 4.90. The summed E-state index contributed by atoms with van der Waals surface area (Å²) in [5.74, 6) is 1.39. The molecule has 14 heavy (non-hydrogen) atoms. The van der Waals surface area contributed by atoms with Gasteiger partial charge in [0.2, 0.25) is 0 Å². The van der Waals surface area contributed by atoms with Gasteiger partial charge in [0, 0.05) is 17.8 Å². The molecule has 1 aromatic rings. The van der Waals surface area contributed by atoms with Crippen LogP contribution >= 0.6 is 22.9 Å². The summed E-state index contributed by atoms with van der Waals surface area (Å²) in [5.41, 5.74) is 1.14. The van der Waals surface area contributed by atoms with Crippen LogP contribution in [0.3, 0.4) is 0 Å². The van der Waals surface area contributed by atoms with E-state index >= 15 is 0 Å². The highest BCUT2D eigenvalue weighted by Crippen LogP contribution is 2.07. The minimum Gasteiger partial charge on any atom is -0.311 e. The number of aryl methyl sites for hydroxylation is 1. The molecule has 1 aromatic heterocycles. The maximum atomic E-state index is 5.66. The van der Waals surface area contributed by atoms with Crippen molar-refractivity contribution in [2.24, 2.45) is 5.92 Å². The molecule has 2 nitrogen and oxygen atoms in total. The van der Waals surface area contributed by atoms with E-state index in [0.29, 0.717) is 5.92 Å². The van der Waals surface area contributed by atoms with Crippen LogP contribution in [0.4, 0.5) is 0 Å². The molecule has 0 radical (unpaired) electrons. The second kappa shape index (κ2) is 6.38. The highest BCUT2D eigenvalue weighted by Gasteiger charge is 2.01. The summed E-state index contributed by atoms with van der Waals surface area (Å²) >= 11 is 7.36. The van der Waals surface area contributed by atoms with Gasteiger partial charge in [0.15, 0.2) is 0 Å².